The van der Waals surface area contributed by atoms with Crippen molar-refractivity contribution in [1.29, 1.82) is 0 Å². The van der Waals surface area contributed by atoms with E-state index >= 15 is 0 Å². The fourth-order valence-corrected chi connectivity index (χ4v) is 11.0. The highest BCUT2D eigenvalue weighted by Gasteiger charge is 2.76. The number of amides is 3. The zero-order chi connectivity index (χ0) is 32.5. The minimum atomic E-state index is -0.864. The fourth-order valence-electron chi connectivity index (χ4n) is 7.46. The van der Waals surface area contributed by atoms with Gasteiger partial charge in [-0.3, -0.25) is 14.4 Å². The maximum atomic E-state index is 14.9. The Bertz CT molecular complexity index is 1420. The van der Waals surface area contributed by atoms with Crippen LogP contribution in [0.3, 0.4) is 0 Å². The molecule has 3 saturated heterocycles. The van der Waals surface area contributed by atoms with E-state index in [9.17, 15) is 19.5 Å². The predicted octanol–water partition coefficient (Wildman–Crippen LogP) is 5.12. The van der Waals surface area contributed by atoms with Gasteiger partial charge in [0.2, 0.25) is 11.8 Å². The van der Waals surface area contributed by atoms with Crippen molar-refractivity contribution < 1.29 is 19.5 Å². The number of para-hydroxylation sites is 1. The fraction of sp³-hybridized carbons (Fsp3) is 0.457. The Hall–Kier alpha value is -3.08. The second-order valence-electron chi connectivity index (χ2n) is 11.9. The number of alkyl halides is 1. The second kappa shape index (κ2) is 13.7. The minimum Gasteiger partial charge on any atom is -0.394 e. The van der Waals surface area contributed by atoms with Crippen LogP contribution in [0.25, 0.3) is 0 Å². The van der Waals surface area contributed by atoms with Crippen LogP contribution in [0.2, 0.25) is 0 Å². The predicted molar refractivity (Wildman–Crippen MR) is 187 cm³/mol. The lowest BCUT2D eigenvalue weighted by Crippen LogP contribution is -2.57. The Morgan fingerprint density at radius 1 is 1.00 bits per heavy atom. The number of halogens is 1. The van der Waals surface area contributed by atoms with Gasteiger partial charge >= 0.3 is 0 Å². The van der Waals surface area contributed by atoms with Crippen molar-refractivity contribution in [3.63, 3.8) is 0 Å². The highest BCUT2D eigenvalue weighted by Crippen LogP contribution is 2.68. The molecule has 45 heavy (non-hydrogen) atoms. The van der Waals surface area contributed by atoms with Gasteiger partial charge < -0.3 is 24.7 Å². The molecular formula is C35H43BrN4O4S. The van der Waals surface area contributed by atoms with Gasteiger partial charge in [0, 0.05) is 53.3 Å². The summed E-state index contributed by atoms with van der Waals surface area (Å²) in [7, 11) is 0. The number of hydrogen-bond acceptors (Lipinski definition) is 6. The summed E-state index contributed by atoms with van der Waals surface area (Å²) < 4.78 is -0.839. The molecule has 7 atom stereocenters. The molecule has 0 aromatic heterocycles. The highest BCUT2D eigenvalue weighted by atomic mass is 79.9. The summed E-state index contributed by atoms with van der Waals surface area (Å²) in [6, 6.07) is 15.8. The Morgan fingerprint density at radius 3 is 2.11 bits per heavy atom. The molecule has 5 rings (SSSR count). The van der Waals surface area contributed by atoms with Crippen molar-refractivity contribution in [3.8, 4) is 0 Å². The molecule has 3 amide bonds. The standard InChI is InChI=1S/C35H43BrN4O4S/c1-6-19-38(25-13-11-10-12-14-25)32(42)28-29-33(43)40(23(5)22-41)31(35(29)21-27(36)30(28)45-35)34(44)39(20-7-2)26-17-15-24(16-18-26)37(8-3)9-4/h6-7,10-18,23,27-31,41H,1-2,8-9,19-22H2,3-5H3/t23-,27?,28+,29+,30+,31?,35?/m1/s1. The highest BCUT2D eigenvalue weighted by molar-refractivity contribution is 9.09. The van der Waals surface area contributed by atoms with Gasteiger partial charge in [0.15, 0.2) is 0 Å². The molecule has 240 valence electrons. The first kappa shape index (κ1) is 33.3. The average Bonchev–Trinajstić information content (AvgIpc) is 3.66. The van der Waals surface area contributed by atoms with Crippen LogP contribution in [-0.2, 0) is 14.4 Å². The molecule has 3 aliphatic rings. The molecule has 2 aromatic carbocycles. The molecule has 10 heteroatoms. The van der Waals surface area contributed by atoms with Gasteiger partial charge in [-0.2, -0.15) is 0 Å². The largest absolute Gasteiger partial charge is 0.394 e. The van der Waals surface area contributed by atoms with Gasteiger partial charge in [0.25, 0.3) is 5.91 Å². The van der Waals surface area contributed by atoms with Crippen molar-refractivity contribution >= 4 is 62.5 Å². The number of aliphatic hydroxyl groups is 1. The van der Waals surface area contributed by atoms with Crippen LogP contribution in [0.1, 0.15) is 27.2 Å². The van der Waals surface area contributed by atoms with Crippen LogP contribution in [0.4, 0.5) is 17.1 Å². The normalized spacial score (nSPS) is 27.2. The second-order valence-corrected chi connectivity index (χ2v) is 14.7. The van der Waals surface area contributed by atoms with Crippen LogP contribution in [0.5, 0.6) is 0 Å². The van der Waals surface area contributed by atoms with Crippen LogP contribution >= 0.6 is 27.7 Å². The van der Waals surface area contributed by atoms with Crippen molar-refractivity contribution in [2.45, 2.75) is 54.1 Å². The topological polar surface area (TPSA) is 84.4 Å². The molecule has 0 radical (unpaired) electrons. The quantitative estimate of drug-likeness (QED) is 0.232. The van der Waals surface area contributed by atoms with Crippen LogP contribution < -0.4 is 14.7 Å². The number of nitrogens with zero attached hydrogens (tertiary/aromatic N) is 4. The maximum Gasteiger partial charge on any atom is 0.251 e. The molecule has 3 fully saturated rings. The van der Waals surface area contributed by atoms with Gasteiger partial charge in [-0.05, 0) is 63.6 Å². The average molecular weight is 696 g/mol. The Kier molecular flexibility index (Phi) is 10.2. The lowest BCUT2D eigenvalue weighted by Gasteiger charge is -2.39. The number of hydrogen-bond donors (Lipinski definition) is 1. The van der Waals surface area contributed by atoms with Crippen molar-refractivity contribution in [2.24, 2.45) is 11.8 Å². The molecule has 3 heterocycles. The number of aliphatic hydroxyl groups excluding tert-OH is 1. The summed E-state index contributed by atoms with van der Waals surface area (Å²) in [5.41, 5.74) is 2.51. The van der Waals surface area contributed by atoms with E-state index in [1.807, 2.05) is 54.6 Å². The van der Waals surface area contributed by atoms with Crippen molar-refractivity contribution in [2.75, 3.05) is 47.5 Å². The Labute approximate surface area is 279 Å². The van der Waals surface area contributed by atoms with Crippen molar-refractivity contribution in [3.05, 3.63) is 79.9 Å². The Morgan fingerprint density at radius 2 is 1.56 bits per heavy atom. The number of thioether (sulfide) groups is 1. The monoisotopic (exact) mass is 694 g/mol. The number of anilines is 3. The minimum absolute atomic E-state index is 0.0669. The van der Waals surface area contributed by atoms with Gasteiger partial charge in [0.1, 0.15) is 6.04 Å². The van der Waals surface area contributed by atoms with E-state index in [0.29, 0.717) is 18.7 Å². The molecule has 2 aromatic rings. The van der Waals surface area contributed by atoms with E-state index in [0.717, 1.165) is 24.5 Å². The molecule has 1 N–H and O–H groups in total. The third-order valence-electron chi connectivity index (χ3n) is 9.50. The number of fused-ring (bicyclic) bond motifs is 1. The van der Waals surface area contributed by atoms with E-state index in [2.05, 4.69) is 47.8 Å². The summed E-state index contributed by atoms with van der Waals surface area (Å²) in [6.45, 7) is 15.8. The number of rotatable bonds is 13. The summed E-state index contributed by atoms with van der Waals surface area (Å²) in [5.74, 6) is -1.97. The van der Waals surface area contributed by atoms with E-state index in [1.54, 1.807) is 45.5 Å². The molecular weight excluding hydrogens is 652 g/mol. The number of benzene rings is 2. The molecule has 3 unspecified atom stereocenters. The first-order valence-corrected chi connectivity index (χ1v) is 17.5. The molecule has 0 saturated carbocycles. The number of carbonyl (C=O) groups excluding carboxylic acids is 3. The van der Waals surface area contributed by atoms with Gasteiger partial charge in [0.05, 0.1) is 29.2 Å². The first-order valence-electron chi connectivity index (χ1n) is 15.7. The molecule has 3 aliphatic heterocycles. The van der Waals surface area contributed by atoms with E-state index in [4.69, 9.17) is 0 Å². The van der Waals surface area contributed by atoms with Crippen LogP contribution in [0.15, 0.2) is 79.9 Å². The third kappa shape index (κ3) is 5.63. The number of likely N-dealkylation sites (tertiary alicyclic amines) is 1. The number of carbonyl (C=O) groups is 3. The van der Waals surface area contributed by atoms with E-state index < -0.39 is 28.7 Å². The molecule has 1 spiro atoms. The molecule has 2 bridgehead atoms. The van der Waals surface area contributed by atoms with E-state index in [-0.39, 0.29) is 41.0 Å². The van der Waals surface area contributed by atoms with E-state index in [1.165, 1.54) is 0 Å². The summed E-state index contributed by atoms with van der Waals surface area (Å²) in [5, 5.41) is 10.1. The summed E-state index contributed by atoms with van der Waals surface area (Å²) in [4.78, 5) is 51.0. The lowest BCUT2D eigenvalue weighted by atomic mass is 9.70. The summed E-state index contributed by atoms with van der Waals surface area (Å²) >= 11 is 5.46. The van der Waals surface area contributed by atoms with Gasteiger partial charge in [-0.1, -0.05) is 46.3 Å². The third-order valence-corrected chi connectivity index (χ3v) is 12.7. The zero-order valence-corrected chi connectivity index (χ0v) is 28.6. The maximum absolute atomic E-state index is 14.9. The van der Waals surface area contributed by atoms with Crippen molar-refractivity contribution in [1.82, 2.24) is 4.90 Å². The Balaban J connectivity index is 1.57. The van der Waals surface area contributed by atoms with Gasteiger partial charge in [-0.15, -0.1) is 24.9 Å². The SMILES string of the molecule is C=CCN(C(=O)C1N([C@H](C)CO)C(=O)[C@@H]2[C@H](C(=O)N(CC=C)c3ccccc3)[C@H]3SC12CC3Br)c1ccc(N(CC)CC)cc1. The summed E-state index contributed by atoms with van der Waals surface area (Å²) in [6.07, 6.45) is 3.94. The van der Waals surface area contributed by atoms with Crippen LogP contribution in [-0.4, -0.2) is 87.4 Å². The molecule has 8 nitrogen and oxygen atoms in total. The van der Waals surface area contributed by atoms with Gasteiger partial charge in [-0.25, -0.2) is 0 Å². The smallest absolute Gasteiger partial charge is 0.251 e. The van der Waals surface area contributed by atoms with Crippen LogP contribution in [0, 0.1) is 11.8 Å². The molecule has 0 aliphatic carbocycles. The first-order chi connectivity index (χ1) is 21.7. The zero-order valence-electron chi connectivity index (χ0n) is 26.2. The lowest BCUT2D eigenvalue weighted by molar-refractivity contribution is -0.141.